The highest BCUT2D eigenvalue weighted by Crippen LogP contribution is 2.24. The lowest BCUT2D eigenvalue weighted by Gasteiger charge is -2.22. The van der Waals surface area contributed by atoms with Crippen LogP contribution in [0.4, 0.5) is 4.39 Å². The highest BCUT2D eigenvalue weighted by molar-refractivity contribution is 5.75. The fourth-order valence-electron chi connectivity index (χ4n) is 1.89. The Morgan fingerprint density at radius 3 is 2.21 bits per heavy atom. The zero-order valence-electron chi connectivity index (χ0n) is 8.17. The van der Waals surface area contributed by atoms with Gasteiger partial charge in [0.15, 0.2) is 0 Å². The normalized spacial score (nSPS) is 17.5. The van der Waals surface area contributed by atoms with Crippen molar-refractivity contribution in [1.29, 1.82) is 0 Å². The largest absolute Gasteiger partial charge is 0.317 e. The van der Waals surface area contributed by atoms with Crippen LogP contribution in [0.1, 0.15) is 24.3 Å². The second-order valence-corrected chi connectivity index (χ2v) is 3.58. The Balaban J connectivity index is 0.000000980. The number of piperidine rings is 1. The quantitative estimate of drug-likeness (QED) is 0.667. The first-order valence-corrected chi connectivity index (χ1v) is 4.82. The Morgan fingerprint density at radius 2 is 1.64 bits per heavy atom. The molecule has 3 radical (unpaired) electrons. The minimum Gasteiger partial charge on any atom is -0.317 e. The molecule has 14 heavy (non-hydrogen) atoms. The monoisotopic (exact) mass is 190 g/mol. The molecule has 3 heteroatoms. The van der Waals surface area contributed by atoms with Gasteiger partial charge in [-0.2, -0.15) is 0 Å². The van der Waals surface area contributed by atoms with Crippen LogP contribution in [0.5, 0.6) is 0 Å². The van der Waals surface area contributed by atoms with Gasteiger partial charge in [0, 0.05) is 8.41 Å². The van der Waals surface area contributed by atoms with Crippen molar-refractivity contribution in [3.05, 3.63) is 35.6 Å². The summed E-state index contributed by atoms with van der Waals surface area (Å²) < 4.78 is 12.6. The topological polar surface area (TPSA) is 12.0 Å². The molecular weight excluding hydrogens is 176 g/mol. The minimum atomic E-state index is -0.141. The Morgan fingerprint density at radius 1 is 1.07 bits per heavy atom. The summed E-state index contributed by atoms with van der Waals surface area (Å²) in [5.74, 6) is 0.486. The molecule has 1 fully saturated rings. The third kappa shape index (κ3) is 2.58. The van der Waals surface area contributed by atoms with Crippen molar-refractivity contribution >= 4 is 8.41 Å². The molecule has 0 atom stereocenters. The third-order valence-electron chi connectivity index (χ3n) is 2.68. The Labute approximate surface area is 86.3 Å². The van der Waals surface area contributed by atoms with Crippen molar-refractivity contribution in [2.75, 3.05) is 13.1 Å². The molecule has 1 saturated heterocycles. The molecule has 2 rings (SSSR count). The zero-order valence-corrected chi connectivity index (χ0v) is 8.17. The molecule has 1 aliphatic rings. The van der Waals surface area contributed by atoms with E-state index in [2.05, 4.69) is 5.32 Å². The van der Waals surface area contributed by atoms with Crippen LogP contribution in [0.3, 0.4) is 0 Å². The van der Waals surface area contributed by atoms with Gasteiger partial charge in [0.1, 0.15) is 5.82 Å². The van der Waals surface area contributed by atoms with Crippen molar-refractivity contribution in [2.45, 2.75) is 18.8 Å². The number of nitrogens with one attached hydrogen (secondary N) is 1. The van der Waals surface area contributed by atoms with Gasteiger partial charge in [-0.1, -0.05) is 12.1 Å². The highest BCUT2D eigenvalue weighted by Gasteiger charge is 2.14. The lowest BCUT2D eigenvalue weighted by molar-refractivity contribution is 0.460. The summed E-state index contributed by atoms with van der Waals surface area (Å²) in [5.41, 5.74) is 1.28. The smallest absolute Gasteiger partial charge is 0.123 e. The van der Waals surface area contributed by atoms with Crippen molar-refractivity contribution in [3.63, 3.8) is 0 Å². The number of hydrogen-bond donors (Lipinski definition) is 1. The summed E-state index contributed by atoms with van der Waals surface area (Å²) >= 11 is 0. The van der Waals surface area contributed by atoms with Crippen LogP contribution in [0.25, 0.3) is 0 Å². The average molecular weight is 190 g/mol. The van der Waals surface area contributed by atoms with E-state index >= 15 is 0 Å². The summed E-state index contributed by atoms with van der Waals surface area (Å²) in [6, 6.07) is 6.92. The lowest BCUT2D eigenvalue weighted by Crippen LogP contribution is -2.26. The van der Waals surface area contributed by atoms with E-state index in [4.69, 9.17) is 0 Å². The summed E-state index contributed by atoms with van der Waals surface area (Å²) in [4.78, 5) is 0. The van der Waals surface area contributed by atoms with Gasteiger partial charge in [0.05, 0.1) is 0 Å². The van der Waals surface area contributed by atoms with Gasteiger partial charge in [0.2, 0.25) is 0 Å². The van der Waals surface area contributed by atoms with Crippen LogP contribution in [-0.4, -0.2) is 21.5 Å². The average Bonchev–Trinajstić information content (AvgIpc) is 2.20. The van der Waals surface area contributed by atoms with Gasteiger partial charge in [-0.3, -0.25) is 0 Å². The van der Waals surface area contributed by atoms with Crippen molar-refractivity contribution in [3.8, 4) is 0 Å². The summed E-state index contributed by atoms with van der Waals surface area (Å²) in [6.45, 7) is 2.17. The van der Waals surface area contributed by atoms with Gasteiger partial charge in [-0.25, -0.2) is 4.39 Å². The second kappa shape index (κ2) is 5.15. The zero-order chi connectivity index (χ0) is 9.10. The molecule has 1 heterocycles. The van der Waals surface area contributed by atoms with E-state index in [1.165, 1.54) is 18.4 Å². The first kappa shape index (κ1) is 11.3. The van der Waals surface area contributed by atoms with E-state index in [1.54, 1.807) is 12.1 Å². The van der Waals surface area contributed by atoms with Crippen molar-refractivity contribution in [2.24, 2.45) is 0 Å². The van der Waals surface area contributed by atoms with Gasteiger partial charge in [0.25, 0.3) is 0 Å². The molecule has 1 aromatic rings. The van der Waals surface area contributed by atoms with Gasteiger partial charge < -0.3 is 5.32 Å². The number of rotatable bonds is 1. The fraction of sp³-hybridized carbons (Fsp3) is 0.455. The summed E-state index contributed by atoms with van der Waals surface area (Å²) in [5, 5.41) is 3.32. The van der Waals surface area contributed by atoms with E-state index in [0.29, 0.717) is 5.92 Å². The standard InChI is InChI=1S/C11H14FN.B/c12-11-3-1-9(2-4-11)10-5-7-13-8-6-10;/h1-4,10,13H,5-8H2;. The van der Waals surface area contributed by atoms with E-state index in [9.17, 15) is 4.39 Å². The predicted molar refractivity (Wildman–Crippen MR) is 57.0 cm³/mol. The first-order chi connectivity index (χ1) is 6.36. The van der Waals surface area contributed by atoms with Crippen molar-refractivity contribution in [1.82, 2.24) is 5.32 Å². The Bertz CT molecular complexity index is 267. The van der Waals surface area contributed by atoms with Crippen LogP contribution in [0, 0.1) is 5.82 Å². The summed E-state index contributed by atoms with van der Waals surface area (Å²) in [7, 11) is 0. The van der Waals surface area contributed by atoms with E-state index in [-0.39, 0.29) is 14.2 Å². The van der Waals surface area contributed by atoms with E-state index in [0.717, 1.165) is 13.1 Å². The fourth-order valence-corrected chi connectivity index (χ4v) is 1.89. The number of hydrogen-bond acceptors (Lipinski definition) is 1. The van der Waals surface area contributed by atoms with E-state index < -0.39 is 0 Å². The van der Waals surface area contributed by atoms with Gasteiger partial charge in [-0.15, -0.1) is 0 Å². The molecule has 0 aromatic heterocycles. The van der Waals surface area contributed by atoms with Gasteiger partial charge >= 0.3 is 0 Å². The SMILES string of the molecule is Fc1ccc(C2CCNCC2)cc1.[B]. The first-order valence-electron chi connectivity index (χ1n) is 4.82. The van der Waals surface area contributed by atoms with E-state index in [1.807, 2.05) is 12.1 Å². The van der Waals surface area contributed by atoms with Crippen molar-refractivity contribution < 1.29 is 4.39 Å². The number of benzene rings is 1. The summed E-state index contributed by atoms with van der Waals surface area (Å²) in [6.07, 6.45) is 2.34. The maximum absolute atomic E-state index is 12.6. The second-order valence-electron chi connectivity index (χ2n) is 3.58. The molecule has 0 spiro atoms. The molecule has 0 saturated carbocycles. The maximum atomic E-state index is 12.6. The molecule has 0 unspecified atom stereocenters. The predicted octanol–water partition coefficient (Wildman–Crippen LogP) is 1.91. The molecule has 1 nitrogen and oxygen atoms in total. The van der Waals surface area contributed by atoms with Crippen LogP contribution in [0.15, 0.2) is 24.3 Å². The highest BCUT2D eigenvalue weighted by atomic mass is 19.1. The van der Waals surface area contributed by atoms with Crippen LogP contribution >= 0.6 is 0 Å². The molecule has 0 bridgehead atoms. The maximum Gasteiger partial charge on any atom is 0.123 e. The van der Waals surface area contributed by atoms with Crippen LogP contribution in [-0.2, 0) is 0 Å². The Hall–Kier alpha value is -0.825. The third-order valence-corrected chi connectivity index (χ3v) is 2.68. The van der Waals surface area contributed by atoms with Crippen LogP contribution in [0.2, 0.25) is 0 Å². The van der Waals surface area contributed by atoms with Crippen LogP contribution < -0.4 is 5.32 Å². The molecule has 0 amide bonds. The lowest BCUT2D eigenvalue weighted by atomic mass is 9.90. The molecule has 1 aromatic carbocycles. The molecule has 1 N–H and O–H groups in total. The molecule has 1 aliphatic heterocycles. The molecule has 0 aliphatic carbocycles. The number of halogens is 1. The molecular formula is C11H14BFN. The molecule has 73 valence electrons. The minimum absolute atomic E-state index is 0. The Kier molecular flexibility index (Phi) is 4.14. The van der Waals surface area contributed by atoms with Gasteiger partial charge in [-0.05, 0) is 49.5 Å².